The second-order valence-corrected chi connectivity index (χ2v) is 4.93. The van der Waals surface area contributed by atoms with Gasteiger partial charge in [0.15, 0.2) is 6.61 Å². The number of carbonyl (C=O) groups excluding carboxylic acids is 1. The Balaban J connectivity index is 1.78. The molecule has 0 aliphatic heterocycles. The maximum Gasteiger partial charge on any atom is 0.258 e. The number of hydrogen-bond donors (Lipinski definition) is 2. The maximum atomic E-state index is 11.7. The fourth-order valence-electron chi connectivity index (χ4n) is 1.77. The van der Waals surface area contributed by atoms with E-state index in [1.165, 1.54) is 0 Å². The molecule has 0 heterocycles. The highest BCUT2D eigenvalue weighted by Gasteiger charge is 2.03. The highest BCUT2D eigenvalue weighted by Crippen LogP contribution is 2.15. The van der Waals surface area contributed by atoms with Gasteiger partial charge >= 0.3 is 0 Å². The molecule has 0 fully saturated rings. The summed E-state index contributed by atoms with van der Waals surface area (Å²) in [6.45, 7) is 0.333. The average molecular weight is 306 g/mol. The first-order valence-electron chi connectivity index (χ1n) is 6.51. The van der Waals surface area contributed by atoms with Crippen molar-refractivity contribution in [3.8, 4) is 5.75 Å². The van der Waals surface area contributed by atoms with E-state index < -0.39 is 0 Å². The van der Waals surface area contributed by atoms with Crippen LogP contribution in [0.25, 0.3) is 0 Å². The van der Waals surface area contributed by atoms with Crippen molar-refractivity contribution >= 4 is 17.5 Å². The summed E-state index contributed by atoms with van der Waals surface area (Å²) in [5, 5.41) is 12.4. The van der Waals surface area contributed by atoms with Crippen LogP contribution in [0.2, 0.25) is 5.02 Å². The lowest BCUT2D eigenvalue weighted by Crippen LogP contribution is -2.28. The SMILES string of the molecule is O=C(COc1ccc(Cl)cc1)NCc1cccc(CO)c1. The third-order valence-corrected chi connectivity index (χ3v) is 3.10. The van der Waals surface area contributed by atoms with Gasteiger partial charge in [0.05, 0.1) is 6.61 Å². The van der Waals surface area contributed by atoms with Crippen molar-refractivity contribution < 1.29 is 14.6 Å². The molecule has 0 saturated heterocycles. The Kier molecular flexibility index (Phi) is 5.60. The number of ether oxygens (including phenoxy) is 1. The molecule has 0 bridgehead atoms. The summed E-state index contributed by atoms with van der Waals surface area (Å²) in [6.07, 6.45) is 0. The van der Waals surface area contributed by atoms with E-state index in [-0.39, 0.29) is 19.1 Å². The molecule has 0 aliphatic rings. The molecular formula is C16H16ClNO3. The van der Waals surface area contributed by atoms with Crippen LogP contribution in [0.15, 0.2) is 48.5 Å². The van der Waals surface area contributed by atoms with E-state index in [2.05, 4.69) is 5.32 Å². The molecule has 0 aromatic heterocycles. The lowest BCUT2D eigenvalue weighted by Gasteiger charge is -2.08. The van der Waals surface area contributed by atoms with Crippen LogP contribution in [0.1, 0.15) is 11.1 Å². The molecule has 0 aliphatic carbocycles. The van der Waals surface area contributed by atoms with Gasteiger partial charge in [0.25, 0.3) is 5.91 Å². The predicted octanol–water partition coefficient (Wildman–Crippen LogP) is 2.53. The van der Waals surface area contributed by atoms with Crippen molar-refractivity contribution in [2.24, 2.45) is 0 Å². The number of carbonyl (C=O) groups is 1. The summed E-state index contributed by atoms with van der Waals surface area (Å²) in [7, 11) is 0. The van der Waals surface area contributed by atoms with Crippen LogP contribution < -0.4 is 10.1 Å². The van der Waals surface area contributed by atoms with Crippen LogP contribution in [0.5, 0.6) is 5.75 Å². The van der Waals surface area contributed by atoms with Crippen molar-refractivity contribution in [3.63, 3.8) is 0 Å². The number of amides is 1. The minimum absolute atomic E-state index is 0.0124. The minimum Gasteiger partial charge on any atom is -0.484 e. The van der Waals surface area contributed by atoms with Gasteiger partial charge in [-0.2, -0.15) is 0 Å². The van der Waals surface area contributed by atoms with Crippen LogP contribution >= 0.6 is 11.6 Å². The zero-order valence-electron chi connectivity index (χ0n) is 11.4. The fourth-order valence-corrected chi connectivity index (χ4v) is 1.90. The van der Waals surface area contributed by atoms with Crippen molar-refractivity contribution in [1.29, 1.82) is 0 Å². The molecular weight excluding hydrogens is 290 g/mol. The zero-order valence-corrected chi connectivity index (χ0v) is 12.1. The predicted molar refractivity (Wildman–Crippen MR) is 81.2 cm³/mol. The normalized spacial score (nSPS) is 10.2. The third-order valence-electron chi connectivity index (χ3n) is 2.85. The van der Waals surface area contributed by atoms with Gasteiger partial charge in [0.1, 0.15) is 5.75 Å². The molecule has 2 aromatic carbocycles. The van der Waals surface area contributed by atoms with Gasteiger partial charge < -0.3 is 15.2 Å². The van der Waals surface area contributed by atoms with Gasteiger partial charge in [-0.3, -0.25) is 4.79 Å². The number of nitrogens with one attached hydrogen (secondary N) is 1. The van der Waals surface area contributed by atoms with Crippen molar-refractivity contribution in [2.75, 3.05) is 6.61 Å². The summed E-state index contributed by atoms with van der Waals surface area (Å²) in [4.78, 5) is 11.7. The van der Waals surface area contributed by atoms with Gasteiger partial charge in [-0.1, -0.05) is 35.9 Å². The number of hydrogen-bond acceptors (Lipinski definition) is 3. The molecule has 5 heteroatoms. The number of aliphatic hydroxyl groups excluding tert-OH is 1. The molecule has 0 radical (unpaired) electrons. The van der Waals surface area contributed by atoms with Crippen molar-refractivity contribution in [2.45, 2.75) is 13.2 Å². The summed E-state index contributed by atoms with van der Waals surface area (Å²) < 4.78 is 5.35. The molecule has 0 spiro atoms. The summed E-state index contributed by atoms with van der Waals surface area (Å²) in [5.41, 5.74) is 1.75. The molecule has 4 nitrogen and oxygen atoms in total. The van der Waals surface area contributed by atoms with Crippen LogP contribution in [-0.2, 0) is 17.9 Å². The lowest BCUT2D eigenvalue weighted by atomic mass is 10.1. The van der Waals surface area contributed by atoms with E-state index in [0.29, 0.717) is 17.3 Å². The average Bonchev–Trinajstić information content (AvgIpc) is 2.52. The standard InChI is InChI=1S/C16H16ClNO3/c17-14-4-6-15(7-5-14)21-11-16(20)18-9-12-2-1-3-13(8-12)10-19/h1-8,19H,9-11H2,(H,18,20). The van der Waals surface area contributed by atoms with E-state index in [9.17, 15) is 4.79 Å². The Morgan fingerprint density at radius 1 is 1.14 bits per heavy atom. The quantitative estimate of drug-likeness (QED) is 0.862. The number of rotatable bonds is 6. The molecule has 0 atom stereocenters. The van der Waals surface area contributed by atoms with Crippen LogP contribution in [0, 0.1) is 0 Å². The molecule has 2 rings (SSSR count). The maximum absolute atomic E-state index is 11.7. The van der Waals surface area contributed by atoms with Crippen molar-refractivity contribution in [1.82, 2.24) is 5.32 Å². The third kappa shape index (κ3) is 5.10. The largest absolute Gasteiger partial charge is 0.484 e. The molecule has 2 N–H and O–H groups in total. The highest BCUT2D eigenvalue weighted by atomic mass is 35.5. The lowest BCUT2D eigenvalue weighted by molar-refractivity contribution is -0.123. The van der Waals surface area contributed by atoms with Crippen LogP contribution in [-0.4, -0.2) is 17.6 Å². The first-order chi connectivity index (χ1) is 10.2. The van der Waals surface area contributed by atoms with Gasteiger partial charge in [0, 0.05) is 11.6 Å². The summed E-state index contributed by atoms with van der Waals surface area (Å²) in [6, 6.07) is 14.2. The van der Waals surface area contributed by atoms with E-state index in [4.69, 9.17) is 21.4 Å². The number of aliphatic hydroxyl groups is 1. The fraction of sp³-hybridized carbons (Fsp3) is 0.188. The van der Waals surface area contributed by atoms with Gasteiger partial charge in [0.2, 0.25) is 0 Å². The molecule has 110 valence electrons. The number of benzene rings is 2. The zero-order chi connectivity index (χ0) is 15.1. The van der Waals surface area contributed by atoms with E-state index in [1.54, 1.807) is 24.3 Å². The second kappa shape index (κ2) is 7.67. The smallest absolute Gasteiger partial charge is 0.258 e. The topological polar surface area (TPSA) is 58.6 Å². The van der Waals surface area contributed by atoms with E-state index in [0.717, 1.165) is 11.1 Å². The first-order valence-corrected chi connectivity index (χ1v) is 6.89. The Hall–Kier alpha value is -2.04. The number of halogens is 1. The summed E-state index contributed by atoms with van der Waals surface area (Å²) >= 11 is 5.76. The van der Waals surface area contributed by atoms with Gasteiger partial charge in [-0.25, -0.2) is 0 Å². The Bertz CT molecular complexity index is 599. The van der Waals surface area contributed by atoms with Crippen LogP contribution in [0.4, 0.5) is 0 Å². The molecule has 1 amide bonds. The molecule has 0 saturated carbocycles. The Morgan fingerprint density at radius 3 is 2.57 bits per heavy atom. The Morgan fingerprint density at radius 2 is 1.86 bits per heavy atom. The molecule has 0 unspecified atom stereocenters. The minimum atomic E-state index is -0.209. The van der Waals surface area contributed by atoms with E-state index in [1.807, 2.05) is 24.3 Å². The summed E-state index contributed by atoms with van der Waals surface area (Å²) in [5.74, 6) is 0.385. The first kappa shape index (κ1) is 15.4. The van der Waals surface area contributed by atoms with Crippen molar-refractivity contribution in [3.05, 3.63) is 64.7 Å². The monoisotopic (exact) mass is 305 g/mol. The van der Waals surface area contributed by atoms with E-state index >= 15 is 0 Å². The molecule has 21 heavy (non-hydrogen) atoms. The molecule has 2 aromatic rings. The second-order valence-electron chi connectivity index (χ2n) is 4.50. The van der Waals surface area contributed by atoms with Crippen LogP contribution in [0.3, 0.4) is 0 Å². The van der Waals surface area contributed by atoms with Gasteiger partial charge in [-0.05, 0) is 35.4 Å². The van der Waals surface area contributed by atoms with Gasteiger partial charge in [-0.15, -0.1) is 0 Å². The highest BCUT2D eigenvalue weighted by molar-refractivity contribution is 6.30. The Labute approximate surface area is 128 Å².